The highest BCUT2D eigenvalue weighted by atomic mass is 16.6. The van der Waals surface area contributed by atoms with Crippen molar-refractivity contribution in [2.24, 2.45) is 5.92 Å². The van der Waals surface area contributed by atoms with Crippen LogP contribution in [0.25, 0.3) is 0 Å². The van der Waals surface area contributed by atoms with Gasteiger partial charge in [0.15, 0.2) is 0 Å². The quantitative estimate of drug-likeness (QED) is 0.395. The number of epoxide rings is 2. The predicted octanol–water partition coefficient (Wildman–Crippen LogP) is 3.62. The Kier molecular flexibility index (Phi) is 6.93. The van der Waals surface area contributed by atoms with E-state index >= 15 is 0 Å². The fourth-order valence-corrected chi connectivity index (χ4v) is 5.92. The van der Waals surface area contributed by atoms with Crippen LogP contribution in [0.2, 0.25) is 0 Å². The lowest BCUT2D eigenvalue weighted by atomic mass is 9.68. The monoisotopic (exact) mass is 450 g/mol. The number of nitrogens with zero attached hydrogens (tertiary/aromatic N) is 2. The normalized spacial score (nSPS) is 40.2. The first-order chi connectivity index (χ1) is 15.3. The molecule has 7 heteroatoms. The molecule has 0 aromatic carbocycles. The molecule has 1 spiro atoms. The van der Waals surface area contributed by atoms with Crippen molar-refractivity contribution in [2.45, 2.75) is 95.9 Å². The van der Waals surface area contributed by atoms with Crippen LogP contribution in [-0.4, -0.2) is 91.3 Å². The Morgan fingerprint density at radius 1 is 1.25 bits per heavy atom. The molecule has 4 fully saturated rings. The van der Waals surface area contributed by atoms with Crippen LogP contribution in [0.3, 0.4) is 0 Å². The first kappa shape index (κ1) is 24.0. The van der Waals surface area contributed by atoms with Crippen LogP contribution in [0, 0.1) is 5.92 Å². The number of hydrogen-bond donors (Lipinski definition) is 0. The molecule has 0 aromatic rings. The number of methoxy groups -OCH3 is 1. The van der Waals surface area contributed by atoms with Gasteiger partial charge in [-0.2, -0.15) is 0 Å². The molecular formula is C25H42N2O5. The molecule has 0 N–H and O–H groups in total. The van der Waals surface area contributed by atoms with Crippen molar-refractivity contribution in [3.63, 3.8) is 0 Å². The molecular weight excluding hydrogens is 408 g/mol. The SMILES string of the molecule is CCN(CC)C[C@H]1CCN1C(=O)O[C@@H]1CC[C@]2(CO2)C([C@@]2(C)O[C@@H]2CC=C(C)C)[C@@H]1OC. The predicted molar refractivity (Wildman–Crippen MR) is 123 cm³/mol. The highest BCUT2D eigenvalue weighted by Gasteiger charge is 2.72. The number of ether oxygens (including phenoxy) is 4. The number of likely N-dealkylation sites (tertiary alicyclic amines) is 1. The molecule has 1 unspecified atom stereocenters. The number of carbonyl (C=O) groups excluding carboxylic acids is 1. The average Bonchev–Trinajstić information content (AvgIpc) is 3.65. The molecule has 4 aliphatic rings. The van der Waals surface area contributed by atoms with Gasteiger partial charge in [-0.05, 0) is 59.5 Å². The zero-order valence-corrected chi connectivity index (χ0v) is 20.8. The van der Waals surface area contributed by atoms with Crippen molar-refractivity contribution in [3.8, 4) is 0 Å². The van der Waals surface area contributed by atoms with Crippen molar-refractivity contribution in [1.82, 2.24) is 9.80 Å². The minimum atomic E-state index is -0.309. The molecule has 0 aromatic heterocycles. The van der Waals surface area contributed by atoms with Crippen molar-refractivity contribution in [2.75, 3.05) is 39.9 Å². The Bertz CT molecular complexity index is 715. The molecule has 1 aliphatic carbocycles. The van der Waals surface area contributed by atoms with E-state index in [0.29, 0.717) is 0 Å². The highest BCUT2D eigenvalue weighted by molar-refractivity contribution is 5.69. The minimum Gasteiger partial charge on any atom is -0.443 e. The van der Waals surface area contributed by atoms with E-state index in [9.17, 15) is 4.79 Å². The zero-order valence-electron chi connectivity index (χ0n) is 20.8. The Labute approximate surface area is 193 Å². The third-order valence-electron chi connectivity index (χ3n) is 8.23. The molecule has 0 bridgehead atoms. The van der Waals surface area contributed by atoms with Gasteiger partial charge in [0.25, 0.3) is 0 Å². The van der Waals surface area contributed by atoms with Gasteiger partial charge >= 0.3 is 6.09 Å². The summed E-state index contributed by atoms with van der Waals surface area (Å²) in [6, 6.07) is 0.249. The van der Waals surface area contributed by atoms with Gasteiger partial charge < -0.3 is 28.7 Å². The Morgan fingerprint density at radius 3 is 2.50 bits per heavy atom. The molecule has 7 atom stereocenters. The molecule has 182 valence electrons. The number of rotatable bonds is 9. The molecule has 3 heterocycles. The second kappa shape index (κ2) is 9.24. The van der Waals surface area contributed by atoms with E-state index in [1.807, 2.05) is 4.90 Å². The van der Waals surface area contributed by atoms with Gasteiger partial charge in [-0.3, -0.25) is 0 Å². The first-order valence-corrected chi connectivity index (χ1v) is 12.5. The number of likely N-dealkylation sites (N-methyl/N-ethyl adjacent to an activating group) is 1. The highest BCUT2D eigenvalue weighted by Crippen LogP contribution is 2.59. The van der Waals surface area contributed by atoms with E-state index in [1.165, 1.54) is 5.57 Å². The fraction of sp³-hybridized carbons (Fsp3) is 0.880. The minimum absolute atomic E-state index is 0.0602. The molecule has 3 saturated heterocycles. The van der Waals surface area contributed by atoms with Crippen LogP contribution in [0.5, 0.6) is 0 Å². The van der Waals surface area contributed by atoms with Gasteiger partial charge in [0.1, 0.15) is 23.4 Å². The third kappa shape index (κ3) is 4.46. The molecule has 1 saturated carbocycles. The second-order valence-corrected chi connectivity index (χ2v) is 10.4. The standard InChI is InChI=1S/C25H42N2O5/c1-7-26(8-2)15-18-12-14-27(18)23(28)31-19-11-13-25(16-30-25)22(21(19)29-6)24(5)20(32-24)10-9-17(3)4/h9,18-22H,7-8,10-16H2,1-6H3/t18-,19-,20-,21-,22?,24+,25+/m1/s1. The maximum absolute atomic E-state index is 13.1. The number of allylic oxidation sites excluding steroid dienone is 1. The lowest BCUT2D eigenvalue weighted by Crippen LogP contribution is -2.59. The molecule has 4 rings (SSSR count). The van der Waals surface area contributed by atoms with Crippen LogP contribution < -0.4 is 0 Å². The summed E-state index contributed by atoms with van der Waals surface area (Å²) in [5, 5.41) is 0. The van der Waals surface area contributed by atoms with Crippen molar-refractivity contribution in [1.29, 1.82) is 0 Å². The molecule has 0 radical (unpaired) electrons. The fourth-order valence-electron chi connectivity index (χ4n) is 5.92. The Balaban J connectivity index is 1.42. The van der Waals surface area contributed by atoms with Crippen LogP contribution in [0.15, 0.2) is 11.6 Å². The van der Waals surface area contributed by atoms with Crippen LogP contribution in [0.1, 0.15) is 60.3 Å². The van der Waals surface area contributed by atoms with Crippen LogP contribution in [0.4, 0.5) is 4.79 Å². The van der Waals surface area contributed by atoms with E-state index in [1.54, 1.807) is 7.11 Å². The topological polar surface area (TPSA) is 67.1 Å². The van der Waals surface area contributed by atoms with Crippen LogP contribution >= 0.6 is 0 Å². The molecule has 3 aliphatic heterocycles. The van der Waals surface area contributed by atoms with Gasteiger partial charge in [-0.15, -0.1) is 0 Å². The van der Waals surface area contributed by atoms with E-state index in [0.717, 1.165) is 58.5 Å². The van der Waals surface area contributed by atoms with Gasteiger partial charge in [0.2, 0.25) is 0 Å². The summed E-state index contributed by atoms with van der Waals surface area (Å²) in [5.41, 5.74) is 0.795. The largest absolute Gasteiger partial charge is 0.443 e. The van der Waals surface area contributed by atoms with Gasteiger partial charge in [0, 0.05) is 26.2 Å². The van der Waals surface area contributed by atoms with E-state index < -0.39 is 0 Å². The lowest BCUT2D eigenvalue weighted by Gasteiger charge is -2.46. The van der Waals surface area contributed by atoms with E-state index in [-0.39, 0.29) is 47.6 Å². The molecule has 1 amide bonds. The van der Waals surface area contributed by atoms with Gasteiger partial charge in [-0.25, -0.2) is 4.79 Å². The second-order valence-electron chi connectivity index (χ2n) is 10.4. The summed E-state index contributed by atoms with van der Waals surface area (Å²) in [7, 11) is 1.73. The average molecular weight is 451 g/mol. The molecule has 32 heavy (non-hydrogen) atoms. The zero-order chi connectivity index (χ0) is 23.1. The first-order valence-electron chi connectivity index (χ1n) is 12.5. The smallest absolute Gasteiger partial charge is 0.410 e. The summed E-state index contributed by atoms with van der Waals surface area (Å²) in [6.45, 7) is 15.2. The summed E-state index contributed by atoms with van der Waals surface area (Å²) >= 11 is 0. The maximum atomic E-state index is 13.1. The van der Waals surface area contributed by atoms with E-state index in [2.05, 4.69) is 45.6 Å². The van der Waals surface area contributed by atoms with Gasteiger partial charge in [-0.1, -0.05) is 25.5 Å². The van der Waals surface area contributed by atoms with Crippen molar-refractivity contribution >= 4 is 6.09 Å². The molecule has 7 nitrogen and oxygen atoms in total. The summed E-state index contributed by atoms with van der Waals surface area (Å²) in [6.07, 6.45) is 5.29. The van der Waals surface area contributed by atoms with Gasteiger partial charge in [0.05, 0.1) is 18.6 Å². The van der Waals surface area contributed by atoms with E-state index in [4.69, 9.17) is 18.9 Å². The third-order valence-corrected chi connectivity index (χ3v) is 8.23. The number of amides is 1. The Hall–Kier alpha value is -1.15. The summed E-state index contributed by atoms with van der Waals surface area (Å²) < 4.78 is 24.4. The number of carbonyl (C=O) groups is 1. The summed E-state index contributed by atoms with van der Waals surface area (Å²) in [4.78, 5) is 17.3. The Morgan fingerprint density at radius 2 is 1.97 bits per heavy atom. The maximum Gasteiger partial charge on any atom is 0.410 e. The number of hydrogen-bond acceptors (Lipinski definition) is 6. The van der Waals surface area contributed by atoms with Crippen molar-refractivity contribution in [3.05, 3.63) is 11.6 Å². The van der Waals surface area contributed by atoms with Crippen molar-refractivity contribution < 1.29 is 23.7 Å². The lowest BCUT2D eigenvalue weighted by molar-refractivity contribution is -0.125. The summed E-state index contributed by atoms with van der Waals surface area (Å²) in [5.74, 6) is 0.0602. The van der Waals surface area contributed by atoms with Crippen LogP contribution in [-0.2, 0) is 18.9 Å².